The zero-order chi connectivity index (χ0) is 19.9. The van der Waals surface area contributed by atoms with Crippen LogP contribution in [0.15, 0.2) is 47.3 Å². The summed E-state index contributed by atoms with van der Waals surface area (Å²) in [7, 11) is 0. The summed E-state index contributed by atoms with van der Waals surface area (Å²) >= 11 is 0. The highest BCUT2D eigenvalue weighted by atomic mass is 16.5. The highest BCUT2D eigenvalue weighted by molar-refractivity contribution is 6.00. The maximum atomic E-state index is 12.3. The van der Waals surface area contributed by atoms with Crippen molar-refractivity contribution in [1.29, 1.82) is 0 Å². The molecule has 8 nitrogen and oxygen atoms in total. The molecule has 1 aliphatic heterocycles. The van der Waals surface area contributed by atoms with Gasteiger partial charge >= 0.3 is 0 Å². The highest BCUT2D eigenvalue weighted by Crippen LogP contribution is 2.12. The Hall–Kier alpha value is -3.13. The quantitative estimate of drug-likeness (QED) is 0.784. The van der Waals surface area contributed by atoms with Gasteiger partial charge in [0.05, 0.1) is 31.5 Å². The highest BCUT2D eigenvalue weighted by Gasteiger charge is 2.18. The Morgan fingerprint density at radius 3 is 2.46 bits per heavy atom. The Morgan fingerprint density at radius 2 is 1.82 bits per heavy atom. The van der Waals surface area contributed by atoms with E-state index in [4.69, 9.17) is 9.15 Å². The number of benzene rings is 1. The van der Waals surface area contributed by atoms with Crippen molar-refractivity contribution in [3.63, 3.8) is 0 Å². The van der Waals surface area contributed by atoms with Gasteiger partial charge in [0.2, 0.25) is 11.8 Å². The monoisotopic (exact) mass is 385 g/mol. The van der Waals surface area contributed by atoms with Crippen LogP contribution >= 0.6 is 0 Å². The molecule has 0 radical (unpaired) electrons. The summed E-state index contributed by atoms with van der Waals surface area (Å²) in [6.45, 7) is 3.99. The van der Waals surface area contributed by atoms with Gasteiger partial charge in [-0.25, -0.2) is 0 Å². The van der Waals surface area contributed by atoms with Crippen molar-refractivity contribution in [3.8, 4) is 0 Å². The molecule has 8 heteroatoms. The second kappa shape index (κ2) is 9.18. The Labute approximate surface area is 162 Å². The smallest absolute Gasteiger partial charge is 0.255 e. The van der Waals surface area contributed by atoms with Crippen molar-refractivity contribution >= 4 is 23.4 Å². The predicted octanol–water partition coefficient (Wildman–Crippen LogP) is 1.44. The van der Waals surface area contributed by atoms with E-state index in [9.17, 15) is 14.4 Å². The van der Waals surface area contributed by atoms with Crippen molar-refractivity contribution < 1.29 is 23.5 Å². The summed E-state index contributed by atoms with van der Waals surface area (Å²) in [5.41, 5.74) is 1.82. The number of ether oxygens (including phenoxy) is 1. The first-order valence-corrected chi connectivity index (χ1v) is 9.11. The molecule has 3 rings (SSSR count). The van der Waals surface area contributed by atoms with Gasteiger partial charge in [-0.15, -0.1) is 0 Å². The molecule has 1 unspecified atom stereocenters. The molecular formula is C20H23N3O5. The van der Waals surface area contributed by atoms with Gasteiger partial charge in [0, 0.05) is 18.8 Å². The summed E-state index contributed by atoms with van der Waals surface area (Å²) in [4.78, 5) is 38.3. The molecule has 0 bridgehead atoms. The lowest BCUT2D eigenvalue weighted by Crippen LogP contribution is -2.41. The predicted molar refractivity (Wildman–Crippen MR) is 102 cm³/mol. The standard InChI is InChI=1S/C20H23N3O5/c1-14(21-20(26)16-6-9-28-13-16)19(25)22-17-4-2-15(3-5-17)12-18(24)23-7-10-27-11-8-23/h2-6,9,13-14H,7-8,10-12H2,1H3,(H,21,26)(H,22,25). The summed E-state index contributed by atoms with van der Waals surface area (Å²) in [5.74, 6) is -0.655. The zero-order valence-corrected chi connectivity index (χ0v) is 15.6. The molecule has 2 N–H and O–H groups in total. The first kappa shape index (κ1) is 19.6. The number of anilines is 1. The number of furan rings is 1. The average Bonchev–Trinajstić information content (AvgIpc) is 3.25. The van der Waals surface area contributed by atoms with Crippen LogP contribution in [0.2, 0.25) is 0 Å². The van der Waals surface area contributed by atoms with E-state index in [2.05, 4.69) is 10.6 Å². The fourth-order valence-electron chi connectivity index (χ4n) is 2.79. The summed E-state index contributed by atoms with van der Waals surface area (Å²) < 4.78 is 10.1. The molecular weight excluding hydrogens is 362 g/mol. The number of carbonyl (C=O) groups is 3. The van der Waals surface area contributed by atoms with Gasteiger partial charge < -0.3 is 24.7 Å². The van der Waals surface area contributed by atoms with Gasteiger partial charge in [0.25, 0.3) is 5.91 Å². The molecule has 1 aromatic carbocycles. The van der Waals surface area contributed by atoms with Gasteiger partial charge in [-0.2, -0.15) is 0 Å². The largest absolute Gasteiger partial charge is 0.472 e. The number of hydrogen-bond acceptors (Lipinski definition) is 5. The average molecular weight is 385 g/mol. The maximum absolute atomic E-state index is 12.3. The van der Waals surface area contributed by atoms with E-state index in [1.165, 1.54) is 18.6 Å². The molecule has 1 aromatic heterocycles. The molecule has 148 valence electrons. The molecule has 28 heavy (non-hydrogen) atoms. The molecule has 1 fully saturated rings. The molecule has 3 amide bonds. The molecule has 1 saturated heterocycles. The van der Waals surface area contributed by atoms with E-state index >= 15 is 0 Å². The van der Waals surface area contributed by atoms with Crippen LogP contribution in [0.25, 0.3) is 0 Å². The van der Waals surface area contributed by atoms with Crippen LogP contribution in [0.4, 0.5) is 5.69 Å². The van der Waals surface area contributed by atoms with Crippen molar-refractivity contribution in [2.45, 2.75) is 19.4 Å². The molecule has 0 saturated carbocycles. The van der Waals surface area contributed by atoms with E-state index < -0.39 is 6.04 Å². The van der Waals surface area contributed by atoms with E-state index in [0.29, 0.717) is 44.0 Å². The Kier molecular flexibility index (Phi) is 6.44. The molecule has 1 aliphatic rings. The van der Waals surface area contributed by atoms with Crippen LogP contribution in [0.3, 0.4) is 0 Å². The number of carbonyl (C=O) groups excluding carboxylic acids is 3. The summed E-state index contributed by atoms with van der Waals surface area (Å²) in [6.07, 6.45) is 3.02. The lowest BCUT2D eigenvalue weighted by atomic mass is 10.1. The number of morpholine rings is 1. The van der Waals surface area contributed by atoms with Gasteiger partial charge in [-0.05, 0) is 30.7 Å². The van der Waals surface area contributed by atoms with E-state index in [1.54, 1.807) is 24.0 Å². The first-order chi connectivity index (χ1) is 13.5. The topological polar surface area (TPSA) is 101 Å². The fraction of sp³-hybridized carbons (Fsp3) is 0.350. The van der Waals surface area contributed by atoms with Crippen LogP contribution in [0, 0.1) is 0 Å². The number of amides is 3. The molecule has 2 aromatic rings. The van der Waals surface area contributed by atoms with Crippen LogP contribution in [-0.4, -0.2) is 55.0 Å². The first-order valence-electron chi connectivity index (χ1n) is 9.11. The third-order valence-electron chi connectivity index (χ3n) is 4.46. The van der Waals surface area contributed by atoms with Crippen molar-refractivity contribution in [2.24, 2.45) is 0 Å². The van der Waals surface area contributed by atoms with Crippen molar-refractivity contribution in [1.82, 2.24) is 10.2 Å². The molecule has 0 spiro atoms. The number of nitrogens with one attached hydrogen (secondary N) is 2. The van der Waals surface area contributed by atoms with Gasteiger partial charge in [0.15, 0.2) is 0 Å². The number of rotatable bonds is 6. The van der Waals surface area contributed by atoms with E-state index in [-0.39, 0.29) is 17.7 Å². The van der Waals surface area contributed by atoms with Gasteiger partial charge in [-0.3, -0.25) is 14.4 Å². The summed E-state index contributed by atoms with van der Waals surface area (Å²) in [6, 6.07) is 7.90. The van der Waals surface area contributed by atoms with Crippen LogP contribution in [-0.2, 0) is 20.7 Å². The number of hydrogen-bond donors (Lipinski definition) is 2. The van der Waals surface area contributed by atoms with E-state index in [1.807, 2.05) is 12.1 Å². The lowest BCUT2D eigenvalue weighted by Gasteiger charge is -2.26. The third kappa shape index (κ3) is 5.20. The molecule has 2 heterocycles. The molecule has 0 aliphatic carbocycles. The van der Waals surface area contributed by atoms with Crippen molar-refractivity contribution in [2.75, 3.05) is 31.6 Å². The Morgan fingerprint density at radius 1 is 1.11 bits per heavy atom. The second-order valence-corrected chi connectivity index (χ2v) is 6.56. The molecule has 1 atom stereocenters. The third-order valence-corrected chi connectivity index (χ3v) is 4.46. The van der Waals surface area contributed by atoms with Crippen molar-refractivity contribution in [3.05, 3.63) is 54.0 Å². The Bertz CT molecular complexity index is 811. The second-order valence-electron chi connectivity index (χ2n) is 6.56. The lowest BCUT2D eigenvalue weighted by molar-refractivity contribution is -0.134. The Balaban J connectivity index is 1.49. The minimum Gasteiger partial charge on any atom is -0.472 e. The fourth-order valence-corrected chi connectivity index (χ4v) is 2.79. The normalized spacial score (nSPS) is 15.0. The van der Waals surface area contributed by atoms with Gasteiger partial charge in [-0.1, -0.05) is 12.1 Å². The van der Waals surface area contributed by atoms with Crippen LogP contribution in [0.5, 0.6) is 0 Å². The minimum atomic E-state index is -0.718. The SMILES string of the molecule is CC(NC(=O)c1ccoc1)C(=O)Nc1ccc(CC(=O)N2CCOCC2)cc1. The summed E-state index contributed by atoms with van der Waals surface area (Å²) in [5, 5.41) is 5.35. The minimum absolute atomic E-state index is 0.0654. The number of nitrogens with zero attached hydrogens (tertiary/aromatic N) is 1. The van der Waals surface area contributed by atoms with Crippen LogP contribution < -0.4 is 10.6 Å². The van der Waals surface area contributed by atoms with Gasteiger partial charge in [0.1, 0.15) is 12.3 Å². The zero-order valence-electron chi connectivity index (χ0n) is 15.6. The van der Waals surface area contributed by atoms with E-state index in [0.717, 1.165) is 5.56 Å². The maximum Gasteiger partial charge on any atom is 0.255 e. The van der Waals surface area contributed by atoms with Crippen LogP contribution in [0.1, 0.15) is 22.8 Å².